The van der Waals surface area contributed by atoms with E-state index in [-0.39, 0.29) is 0 Å². The van der Waals surface area contributed by atoms with Gasteiger partial charge in [0.25, 0.3) is 0 Å². The van der Waals surface area contributed by atoms with Crippen LogP contribution in [0.25, 0.3) is 5.59 Å². The number of halogens is 3. The second kappa shape index (κ2) is 9.83. The molecule has 0 heterocycles. The van der Waals surface area contributed by atoms with Crippen LogP contribution in [-0.4, -0.2) is 0 Å². The first-order valence-electron chi connectivity index (χ1n) is 0.583. The van der Waals surface area contributed by atoms with Crippen molar-refractivity contribution >= 4 is 40.9 Å². The quantitative estimate of drug-likeness (QED) is 0.604. The molecule has 0 bridgehead atoms. The summed E-state index contributed by atoms with van der Waals surface area (Å²) in [5.41, 5.74) is 5.75. The fraction of sp³-hybridized carbons (Fsp3) is 0. The van der Waals surface area contributed by atoms with E-state index in [1.54, 1.807) is 0 Å². The molecule has 0 saturated carbocycles. The third-order valence-corrected chi connectivity index (χ3v) is 0. The molecule has 0 rings (SSSR count). The Bertz CT molecular complexity index is 22.0. The van der Waals surface area contributed by atoms with E-state index in [0.717, 1.165) is 0 Å². The molecule has 0 saturated heterocycles. The molecule has 6 heteroatoms. The molecule has 0 spiro atoms. The molecule has 0 aliphatic rings. The summed E-state index contributed by atoms with van der Waals surface area (Å²) in [5, 5.41) is 0. The number of nitrogens with zero attached hydrogens (tertiary/aromatic N) is 1. The SMILES string of the molecule is [Br][Ru]([Br])[Br].[N-]=O. The number of hydrogen-bond acceptors (Lipinski definition) is 1. The van der Waals surface area contributed by atoms with Gasteiger partial charge in [-0.1, -0.05) is 0 Å². The summed E-state index contributed by atoms with van der Waals surface area (Å²) in [6, 6.07) is 0. The van der Waals surface area contributed by atoms with Gasteiger partial charge in [0.1, 0.15) is 0 Å². The Morgan fingerprint density at radius 3 is 1.17 bits per heavy atom. The predicted octanol–water partition coefficient (Wildman–Crippen LogP) is 2.86. The molecule has 0 atom stereocenters. The average molecular weight is 371 g/mol. The van der Waals surface area contributed by atoms with Gasteiger partial charge in [0.15, 0.2) is 0 Å². The van der Waals surface area contributed by atoms with Gasteiger partial charge in [-0.05, 0) is 0 Å². The van der Waals surface area contributed by atoms with Crippen LogP contribution in [0.15, 0.2) is 0 Å². The second-order valence-electron chi connectivity index (χ2n) is 0.152. The summed E-state index contributed by atoms with van der Waals surface area (Å²) >= 11 is 9.74. The molecular weight excluding hydrogens is 371 g/mol. The third kappa shape index (κ3) is 44.5. The van der Waals surface area contributed by atoms with Crippen molar-refractivity contribution in [3.05, 3.63) is 10.5 Å². The van der Waals surface area contributed by atoms with Crippen molar-refractivity contribution < 1.29 is 10.1 Å². The molecule has 6 heavy (non-hydrogen) atoms. The monoisotopic (exact) mass is 369 g/mol. The van der Waals surface area contributed by atoms with Crippen LogP contribution in [0.3, 0.4) is 0 Å². The molecular formula is Br3NORu-. The smallest absolute Gasteiger partial charge is 0.423 e. The molecule has 0 aromatic heterocycles. The van der Waals surface area contributed by atoms with Crippen LogP contribution in [0.5, 0.6) is 0 Å². The van der Waals surface area contributed by atoms with Crippen molar-refractivity contribution in [2.75, 3.05) is 0 Å². The maximum absolute atomic E-state index is 7.25. The van der Waals surface area contributed by atoms with E-state index in [4.69, 9.17) is 10.5 Å². The minimum absolute atomic E-state index is 0.732. The Morgan fingerprint density at radius 2 is 1.17 bits per heavy atom. The Labute approximate surface area is 60.8 Å². The van der Waals surface area contributed by atoms with Gasteiger partial charge in [-0.2, -0.15) is 0 Å². The zero-order valence-corrected chi connectivity index (χ0v) is 8.84. The molecule has 41 valence electrons. The number of hydrogen-bond donors (Lipinski definition) is 0. The van der Waals surface area contributed by atoms with E-state index in [9.17, 15) is 0 Å². The van der Waals surface area contributed by atoms with Gasteiger partial charge in [0.2, 0.25) is 0 Å². The van der Waals surface area contributed by atoms with E-state index in [1.807, 2.05) is 0 Å². The van der Waals surface area contributed by atoms with Crippen molar-refractivity contribution in [3.63, 3.8) is 0 Å². The van der Waals surface area contributed by atoms with Crippen LogP contribution in [0.2, 0.25) is 0 Å². The van der Waals surface area contributed by atoms with Crippen molar-refractivity contribution in [2.45, 2.75) is 0 Å². The van der Waals surface area contributed by atoms with Gasteiger partial charge < -0.3 is 10.5 Å². The standard InChI is InChI=1S/3BrH.NO.Ru/c;;;1-2;/h3*1H;;/q;;;-1;+3/p-3. The largest absolute Gasteiger partial charge is 0.577 e. The maximum Gasteiger partial charge on any atom is -0.423 e. The van der Waals surface area contributed by atoms with E-state index in [1.165, 1.54) is 0 Å². The maximum atomic E-state index is 7.25. The van der Waals surface area contributed by atoms with E-state index in [0.29, 0.717) is 0 Å². The summed E-state index contributed by atoms with van der Waals surface area (Å²) in [6.07, 6.45) is 0. The second-order valence-corrected chi connectivity index (χ2v) is 24.2. The first-order chi connectivity index (χ1) is 2.73. The average Bonchev–Trinajstić information content (AvgIpc) is 1.41. The predicted molar refractivity (Wildman–Crippen MR) is 33.5 cm³/mol. The Hall–Kier alpha value is 1.66. The van der Waals surface area contributed by atoms with Crippen molar-refractivity contribution in [3.8, 4) is 0 Å². The van der Waals surface area contributed by atoms with E-state index >= 15 is 0 Å². The summed E-state index contributed by atoms with van der Waals surface area (Å²) in [7, 11) is -0.732. The fourth-order valence-corrected chi connectivity index (χ4v) is 0. The topological polar surface area (TPSA) is 39.4 Å². The van der Waals surface area contributed by atoms with Gasteiger partial charge in [-0.3, -0.25) is 0 Å². The molecule has 0 unspecified atom stereocenters. The van der Waals surface area contributed by atoms with Crippen LogP contribution in [0, 0.1) is 4.91 Å². The fourth-order valence-electron chi connectivity index (χ4n) is 0. The Balaban J connectivity index is 0. The van der Waals surface area contributed by atoms with Gasteiger partial charge in [0, 0.05) is 0 Å². The number of nitroso groups, excluding NO2 is 1. The molecule has 0 N–H and O–H groups in total. The van der Waals surface area contributed by atoms with Crippen LogP contribution in [0.4, 0.5) is 0 Å². The third-order valence-electron chi connectivity index (χ3n) is 0. The van der Waals surface area contributed by atoms with E-state index in [2.05, 4.69) is 40.9 Å². The minimum atomic E-state index is -0.732. The van der Waals surface area contributed by atoms with Crippen LogP contribution >= 0.6 is 40.9 Å². The zero-order valence-electron chi connectivity index (χ0n) is 2.34. The normalized spacial score (nSPS) is 8.17. The Morgan fingerprint density at radius 1 is 1.17 bits per heavy atom. The molecule has 0 aromatic carbocycles. The van der Waals surface area contributed by atoms with Gasteiger partial charge >= 0.3 is 50.9 Å². The van der Waals surface area contributed by atoms with Crippen LogP contribution < -0.4 is 0 Å². The molecule has 0 fully saturated rings. The zero-order chi connectivity index (χ0) is 5.58. The molecule has 2 nitrogen and oxygen atoms in total. The minimum Gasteiger partial charge on any atom is -0.577 e. The van der Waals surface area contributed by atoms with Crippen molar-refractivity contribution in [1.29, 1.82) is 0 Å². The summed E-state index contributed by atoms with van der Waals surface area (Å²) in [4.78, 5) is 7.25. The van der Waals surface area contributed by atoms with Gasteiger partial charge in [-0.15, -0.1) is 0 Å². The van der Waals surface area contributed by atoms with Gasteiger partial charge in [0.05, 0.1) is 0 Å². The first-order valence-corrected chi connectivity index (χ1v) is 12.5. The molecule has 0 aliphatic heterocycles. The summed E-state index contributed by atoms with van der Waals surface area (Å²) in [5.74, 6) is 0. The molecule has 0 aromatic rings. The Kier molecular flexibility index (Phi) is 17.4. The molecule has 0 radical (unpaired) electrons. The summed E-state index contributed by atoms with van der Waals surface area (Å²) < 4.78 is 0. The van der Waals surface area contributed by atoms with Crippen molar-refractivity contribution in [1.82, 2.24) is 0 Å². The van der Waals surface area contributed by atoms with Crippen molar-refractivity contribution in [2.24, 2.45) is 0 Å². The first kappa shape index (κ1) is 10.6. The van der Waals surface area contributed by atoms with Crippen LogP contribution in [0.1, 0.15) is 0 Å². The van der Waals surface area contributed by atoms with Crippen LogP contribution in [-0.2, 0) is 10.1 Å². The molecule has 0 amide bonds. The van der Waals surface area contributed by atoms with Gasteiger partial charge in [-0.25, -0.2) is 0 Å². The molecule has 0 aliphatic carbocycles. The summed E-state index contributed by atoms with van der Waals surface area (Å²) in [6.45, 7) is 0. The number of rotatable bonds is 0. The van der Waals surface area contributed by atoms with E-state index < -0.39 is 10.1 Å².